The predicted octanol–water partition coefficient (Wildman–Crippen LogP) is 4.34. The Morgan fingerprint density at radius 1 is 1.18 bits per heavy atom. The number of hydrogen-bond acceptors (Lipinski definition) is 7. The number of nitrogen functional groups attached to an aromatic ring is 1. The van der Waals surface area contributed by atoms with Gasteiger partial charge in [0.2, 0.25) is 0 Å². The number of nitrogens with zero attached hydrogens (tertiary/aromatic N) is 6. The molecule has 13 heteroatoms. The molecule has 2 atom stereocenters. The van der Waals surface area contributed by atoms with E-state index < -0.39 is 11.6 Å². The van der Waals surface area contributed by atoms with Crippen molar-refractivity contribution in [2.75, 3.05) is 11.1 Å². The van der Waals surface area contributed by atoms with Gasteiger partial charge in [-0.05, 0) is 43.5 Å². The number of benzene rings is 1. The lowest BCUT2D eigenvalue weighted by Gasteiger charge is -2.17. The number of carbonyl (C=O) groups is 1. The molecule has 4 heterocycles. The molecule has 1 aliphatic carbocycles. The highest BCUT2D eigenvalue weighted by Crippen LogP contribution is 2.35. The number of nitrogens with one attached hydrogen (secondary N) is 1. The fourth-order valence-electron chi connectivity index (χ4n) is 4.54. The Hall–Kier alpha value is -4.28. The molecule has 206 valence electrons. The second-order valence-corrected chi connectivity index (χ2v) is 10.0. The highest BCUT2D eigenvalue weighted by Gasteiger charge is 2.25. The molecule has 1 aromatic carbocycles. The van der Waals surface area contributed by atoms with Gasteiger partial charge in [0.05, 0.1) is 18.0 Å². The summed E-state index contributed by atoms with van der Waals surface area (Å²) < 4.78 is 30.5. The molecule has 6 rings (SSSR count). The Bertz CT molecular complexity index is 1660. The Morgan fingerprint density at radius 2 is 1.95 bits per heavy atom. The van der Waals surface area contributed by atoms with Gasteiger partial charge >= 0.3 is 0 Å². The molecule has 1 aliphatic rings. The van der Waals surface area contributed by atoms with Crippen LogP contribution in [-0.4, -0.2) is 40.1 Å². The lowest BCUT2D eigenvalue weighted by atomic mass is 9.95. The average molecular weight is 565 g/mol. The van der Waals surface area contributed by atoms with Crippen LogP contribution in [0.5, 0.6) is 0 Å². The molecule has 0 radical (unpaired) electrons. The highest BCUT2D eigenvalue weighted by molar-refractivity contribution is 7.17. The Labute approximate surface area is 230 Å². The third kappa shape index (κ3) is 5.68. The zero-order valence-electron chi connectivity index (χ0n) is 21.5. The van der Waals surface area contributed by atoms with Crippen molar-refractivity contribution in [3.8, 4) is 11.3 Å². The second kappa shape index (κ2) is 11.1. The summed E-state index contributed by atoms with van der Waals surface area (Å²) in [5, 5.41) is 16.1. The van der Waals surface area contributed by atoms with Crippen LogP contribution in [0, 0.1) is 0 Å². The SMILES string of the molecule is Cn1ncc2c1CCCC2O.Nc1nccn2cnc(-c3ccc(C(=O)Nc4cc(C(F)(F)P)ccn4)cc3)c12. The molecular weight excluding hydrogens is 537 g/mol. The van der Waals surface area contributed by atoms with Crippen molar-refractivity contribution in [1.82, 2.24) is 29.1 Å². The number of fused-ring (bicyclic) bond motifs is 2. The number of hydrogen-bond donors (Lipinski definition) is 3. The Morgan fingerprint density at radius 3 is 2.67 bits per heavy atom. The molecule has 0 bridgehead atoms. The lowest BCUT2D eigenvalue weighted by molar-refractivity contribution is 0.101. The van der Waals surface area contributed by atoms with E-state index in [1.54, 1.807) is 53.6 Å². The van der Waals surface area contributed by atoms with Gasteiger partial charge in [-0.15, -0.1) is 0 Å². The fraction of sp³-hybridized carbons (Fsp3) is 0.222. The molecule has 5 aromatic rings. The number of aryl methyl sites for hydroxylation is 1. The largest absolute Gasteiger partial charge is 0.388 e. The lowest BCUT2D eigenvalue weighted by Crippen LogP contribution is -2.14. The molecule has 10 nitrogen and oxygen atoms in total. The summed E-state index contributed by atoms with van der Waals surface area (Å²) in [5.41, 5.74) is 7.21. The number of alkyl halides is 2. The van der Waals surface area contributed by atoms with Crippen molar-refractivity contribution in [2.45, 2.75) is 31.0 Å². The standard InChI is InChI=1S/C19H15F2N6OP.C8H12N2O/c20-19(21,29)13-5-6-23-14(9-13)26-18(28)12-3-1-11(2-4-12)15-16-17(22)24-7-8-27(16)10-25-15;1-10-7-3-2-4-8(11)6(7)5-9-10/h1-10H,29H2,(H2,22,24)(H,23,26,28);5,8,11H,2-4H2,1H3. The number of amides is 1. The van der Waals surface area contributed by atoms with E-state index in [0.29, 0.717) is 22.6 Å². The van der Waals surface area contributed by atoms with Gasteiger partial charge in [0, 0.05) is 53.6 Å². The number of nitrogens with two attached hydrogens (primary N) is 1. The highest BCUT2D eigenvalue weighted by atomic mass is 31.0. The number of rotatable bonds is 4. The smallest absolute Gasteiger partial charge is 0.284 e. The van der Waals surface area contributed by atoms with Crippen molar-refractivity contribution < 1.29 is 18.7 Å². The first kappa shape index (κ1) is 27.3. The number of halogens is 2. The van der Waals surface area contributed by atoms with Crippen LogP contribution in [0.1, 0.15) is 46.1 Å². The molecule has 0 saturated carbocycles. The van der Waals surface area contributed by atoms with E-state index in [0.717, 1.165) is 36.5 Å². The van der Waals surface area contributed by atoms with Crippen LogP contribution >= 0.6 is 9.24 Å². The van der Waals surface area contributed by atoms with Crippen LogP contribution in [0.2, 0.25) is 0 Å². The summed E-state index contributed by atoms with van der Waals surface area (Å²) >= 11 is 0. The van der Waals surface area contributed by atoms with Gasteiger partial charge in [-0.2, -0.15) is 13.9 Å². The third-order valence-electron chi connectivity index (χ3n) is 6.63. The molecule has 4 aromatic heterocycles. The first-order chi connectivity index (χ1) is 19.1. The normalized spacial score (nSPS) is 14.8. The Balaban J connectivity index is 0.000000244. The van der Waals surface area contributed by atoms with Crippen molar-refractivity contribution >= 4 is 32.3 Å². The number of imidazole rings is 1. The van der Waals surface area contributed by atoms with Crippen molar-refractivity contribution in [1.29, 1.82) is 0 Å². The number of aliphatic hydroxyl groups excluding tert-OH is 1. The number of aliphatic hydroxyl groups is 1. The maximum atomic E-state index is 13.4. The van der Waals surface area contributed by atoms with Crippen molar-refractivity contribution in [3.63, 3.8) is 0 Å². The summed E-state index contributed by atoms with van der Waals surface area (Å²) in [6.45, 7) is 0. The van der Waals surface area contributed by atoms with E-state index >= 15 is 0 Å². The molecular formula is C27H27F2N8O2P. The molecule has 2 unspecified atom stereocenters. The first-order valence-electron chi connectivity index (χ1n) is 12.4. The van der Waals surface area contributed by atoms with Crippen molar-refractivity contribution in [2.24, 2.45) is 7.05 Å². The van der Waals surface area contributed by atoms with Crippen LogP contribution in [0.3, 0.4) is 0 Å². The molecule has 0 saturated heterocycles. The topological polar surface area (TPSA) is 136 Å². The van der Waals surface area contributed by atoms with E-state index in [1.807, 2.05) is 11.7 Å². The van der Waals surface area contributed by atoms with E-state index in [-0.39, 0.29) is 17.5 Å². The monoisotopic (exact) mass is 564 g/mol. The van der Waals surface area contributed by atoms with Crippen molar-refractivity contribution in [3.05, 3.63) is 89.9 Å². The maximum absolute atomic E-state index is 13.4. The van der Waals surface area contributed by atoms with Gasteiger partial charge < -0.3 is 20.6 Å². The van der Waals surface area contributed by atoms with E-state index in [2.05, 4.69) is 25.4 Å². The van der Waals surface area contributed by atoms with Crippen LogP contribution in [0.4, 0.5) is 20.4 Å². The number of carbonyl (C=O) groups excluding carboxylic acids is 1. The van der Waals surface area contributed by atoms with E-state index in [1.165, 1.54) is 27.2 Å². The van der Waals surface area contributed by atoms with Crippen LogP contribution in [0.15, 0.2) is 67.5 Å². The van der Waals surface area contributed by atoms with Crippen LogP contribution < -0.4 is 11.1 Å². The van der Waals surface area contributed by atoms with Gasteiger partial charge in [-0.3, -0.25) is 9.48 Å². The molecule has 0 fully saturated rings. The van der Waals surface area contributed by atoms with Gasteiger partial charge in [-0.25, -0.2) is 15.0 Å². The van der Waals surface area contributed by atoms with Gasteiger partial charge in [0.15, 0.2) is 0 Å². The molecule has 4 N–H and O–H groups in total. The molecule has 0 aliphatic heterocycles. The van der Waals surface area contributed by atoms with E-state index in [4.69, 9.17) is 5.73 Å². The molecule has 1 amide bonds. The zero-order valence-corrected chi connectivity index (χ0v) is 22.7. The molecule has 40 heavy (non-hydrogen) atoms. The number of aromatic nitrogens is 6. The summed E-state index contributed by atoms with van der Waals surface area (Å²) in [5.74, 6) is -0.0829. The van der Waals surface area contributed by atoms with Gasteiger partial charge in [0.1, 0.15) is 23.5 Å². The first-order valence-corrected chi connectivity index (χ1v) is 13.0. The summed E-state index contributed by atoms with van der Waals surface area (Å²) in [6, 6.07) is 8.99. The zero-order chi connectivity index (χ0) is 28.4. The number of pyridine rings is 1. The summed E-state index contributed by atoms with van der Waals surface area (Å²) in [4.78, 5) is 24.8. The quantitative estimate of drug-likeness (QED) is 0.276. The maximum Gasteiger partial charge on any atom is 0.284 e. The van der Waals surface area contributed by atoms with Gasteiger partial charge in [-0.1, -0.05) is 21.4 Å². The Kier molecular flexibility index (Phi) is 7.55. The van der Waals surface area contributed by atoms with Crippen LogP contribution in [-0.2, 0) is 19.1 Å². The van der Waals surface area contributed by atoms with E-state index in [9.17, 15) is 18.7 Å². The second-order valence-electron chi connectivity index (χ2n) is 9.32. The predicted molar refractivity (Wildman–Crippen MR) is 150 cm³/mol. The third-order valence-corrected chi connectivity index (χ3v) is 6.96. The average Bonchev–Trinajstić information content (AvgIpc) is 3.54. The minimum atomic E-state index is -3.10. The van der Waals surface area contributed by atoms with Gasteiger partial charge in [0.25, 0.3) is 11.6 Å². The summed E-state index contributed by atoms with van der Waals surface area (Å²) in [7, 11) is 3.38. The summed E-state index contributed by atoms with van der Waals surface area (Å²) in [6.07, 6.45) is 10.7. The number of anilines is 2. The molecule has 0 spiro atoms. The fourth-order valence-corrected chi connectivity index (χ4v) is 4.72. The van der Waals surface area contributed by atoms with Crippen LogP contribution in [0.25, 0.3) is 16.8 Å². The minimum Gasteiger partial charge on any atom is -0.388 e. The minimum absolute atomic E-state index is 0.0395.